The molecule has 2 fully saturated rings. The van der Waals surface area contributed by atoms with Gasteiger partial charge in [-0.3, -0.25) is 0 Å². The largest absolute Gasteiger partial charge is 0.493 e. The van der Waals surface area contributed by atoms with Crippen LogP contribution >= 0.6 is 0 Å². The normalized spacial score (nSPS) is 20.2. The van der Waals surface area contributed by atoms with Crippen molar-refractivity contribution in [1.82, 2.24) is 10.2 Å². The van der Waals surface area contributed by atoms with Crippen LogP contribution in [0.1, 0.15) is 62.8 Å². The number of nitrogens with one attached hydrogen (secondary N) is 1. The Kier molecular flexibility index (Phi) is 7.43. The molecular weight excluding hydrogens is 296 g/mol. The fraction of sp³-hybridized carbons (Fsp3) is 0.714. The molecule has 0 atom stereocenters. The third-order valence-corrected chi connectivity index (χ3v) is 5.55. The summed E-state index contributed by atoms with van der Waals surface area (Å²) in [6, 6.07) is 8.75. The maximum Gasteiger partial charge on any atom is 0.122 e. The average molecular weight is 331 g/mol. The predicted octanol–water partition coefficient (Wildman–Crippen LogP) is 4.19. The lowest BCUT2D eigenvalue weighted by molar-refractivity contribution is 0.231. The zero-order valence-electron chi connectivity index (χ0n) is 15.1. The molecule has 1 aliphatic carbocycles. The highest BCUT2D eigenvalue weighted by Crippen LogP contribution is 2.37. The molecule has 0 unspecified atom stereocenters. The zero-order valence-corrected chi connectivity index (χ0v) is 15.1. The molecule has 134 valence electrons. The van der Waals surface area contributed by atoms with Gasteiger partial charge < -0.3 is 15.0 Å². The quantitative estimate of drug-likeness (QED) is 0.723. The standard InChI is InChI=1S/C21H34N2O/c1-3-9-19(10-4-1)20-11-5-6-12-21(20)24-18-8-2-7-15-23-16-13-22-14-17-23/h5-6,11-12,19,22H,1-4,7-10,13-18H2. The number of hydrogen-bond donors (Lipinski definition) is 1. The first-order chi connectivity index (χ1) is 11.9. The van der Waals surface area contributed by atoms with Crippen molar-refractivity contribution in [3.05, 3.63) is 29.8 Å². The minimum atomic E-state index is 0.725. The number of para-hydroxylation sites is 1. The number of ether oxygens (including phenoxy) is 1. The molecule has 1 aliphatic heterocycles. The Labute approximate surface area is 147 Å². The van der Waals surface area contributed by atoms with Crippen LogP contribution in [0.3, 0.4) is 0 Å². The summed E-state index contributed by atoms with van der Waals surface area (Å²) in [6.07, 6.45) is 10.6. The third-order valence-electron chi connectivity index (χ3n) is 5.55. The monoisotopic (exact) mass is 330 g/mol. The Balaban J connectivity index is 1.35. The van der Waals surface area contributed by atoms with Crippen LogP contribution in [-0.2, 0) is 0 Å². The molecule has 1 saturated carbocycles. The highest BCUT2D eigenvalue weighted by atomic mass is 16.5. The van der Waals surface area contributed by atoms with E-state index in [4.69, 9.17) is 4.74 Å². The van der Waals surface area contributed by atoms with Crippen molar-refractivity contribution in [1.29, 1.82) is 0 Å². The fourth-order valence-corrected chi connectivity index (χ4v) is 4.09. The highest BCUT2D eigenvalue weighted by Gasteiger charge is 2.18. The molecule has 0 aromatic heterocycles. The van der Waals surface area contributed by atoms with Gasteiger partial charge in [0.2, 0.25) is 0 Å². The SMILES string of the molecule is c1ccc(C2CCCCC2)c(OCCCCCN2CCNCC2)c1. The van der Waals surface area contributed by atoms with Crippen LogP contribution in [0.15, 0.2) is 24.3 Å². The van der Waals surface area contributed by atoms with Crippen molar-refractivity contribution in [3.8, 4) is 5.75 Å². The molecule has 0 spiro atoms. The average Bonchev–Trinajstić information content (AvgIpc) is 2.66. The topological polar surface area (TPSA) is 24.5 Å². The highest BCUT2D eigenvalue weighted by molar-refractivity contribution is 5.36. The van der Waals surface area contributed by atoms with Gasteiger partial charge >= 0.3 is 0 Å². The van der Waals surface area contributed by atoms with Crippen LogP contribution in [0, 0.1) is 0 Å². The van der Waals surface area contributed by atoms with Gasteiger partial charge in [-0.15, -0.1) is 0 Å². The van der Waals surface area contributed by atoms with Crippen LogP contribution in [0.4, 0.5) is 0 Å². The van der Waals surface area contributed by atoms with E-state index in [-0.39, 0.29) is 0 Å². The summed E-state index contributed by atoms with van der Waals surface area (Å²) in [5, 5.41) is 3.41. The van der Waals surface area contributed by atoms with Gasteiger partial charge in [-0.05, 0) is 56.2 Å². The van der Waals surface area contributed by atoms with E-state index in [0.29, 0.717) is 0 Å². The Morgan fingerprint density at radius 3 is 2.58 bits per heavy atom. The molecule has 3 rings (SSSR count). The van der Waals surface area contributed by atoms with E-state index >= 15 is 0 Å². The van der Waals surface area contributed by atoms with Gasteiger partial charge in [-0.1, -0.05) is 37.5 Å². The van der Waals surface area contributed by atoms with E-state index in [9.17, 15) is 0 Å². The van der Waals surface area contributed by atoms with Gasteiger partial charge in [0.05, 0.1) is 6.61 Å². The molecule has 0 radical (unpaired) electrons. The summed E-state index contributed by atoms with van der Waals surface area (Å²) >= 11 is 0. The van der Waals surface area contributed by atoms with E-state index in [0.717, 1.165) is 31.4 Å². The second kappa shape index (κ2) is 10.0. The second-order valence-electron chi connectivity index (χ2n) is 7.37. The van der Waals surface area contributed by atoms with E-state index < -0.39 is 0 Å². The number of unbranched alkanes of at least 4 members (excludes halogenated alkanes) is 2. The fourth-order valence-electron chi connectivity index (χ4n) is 4.09. The number of piperazine rings is 1. The smallest absolute Gasteiger partial charge is 0.122 e. The van der Waals surface area contributed by atoms with E-state index in [2.05, 4.69) is 34.5 Å². The van der Waals surface area contributed by atoms with E-state index in [1.807, 2.05) is 0 Å². The molecule has 1 heterocycles. The summed E-state index contributed by atoms with van der Waals surface area (Å²) in [4.78, 5) is 2.58. The summed E-state index contributed by atoms with van der Waals surface area (Å²) in [7, 11) is 0. The zero-order chi connectivity index (χ0) is 16.5. The van der Waals surface area contributed by atoms with E-state index in [1.165, 1.54) is 76.6 Å². The summed E-state index contributed by atoms with van der Waals surface area (Å²) in [6.45, 7) is 6.85. The molecule has 2 aliphatic rings. The molecule has 1 aromatic rings. The van der Waals surface area contributed by atoms with Crippen molar-refractivity contribution in [2.45, 2.75) is 57.3 Å². The first-order valence-corrected chi connectivity index (χ1v) is 10.1. The molecule has 1 saturated heterocycles. The van der Waals surface area contributed by atoms with Gasteiger partial charge in [-0.25, -0.2) is 0 Å². The van der Waals surface area contributed by atoms with Crippen molar-refractivity contribution < 1.29 is 4.74 Å². The first-order valence-electron chi connectivity index (χ1n) is 10.1. The maximum absolute atomic E-state index is 6.16. The lowest BCUT2D eigenvalue weighted by Crippen LogP contribution is -2.43. The van der Waals surface area contributed by atoms with Crippen LogP contribution in [0.5, 0.6) is 5.75 Å². The van der Waals surface area contributed by atoms with Crippen LogP contribution in [-0.4, -0.2) is 44.2 Å². The third kappa shape index (κ3) is 5.49. The van der Waals surface area contributed by atoms with Crippen molar-refractivity contribution in [2.75, 3.05) is 39.3 Å². The summed E-state index contributed by atoms with van der Waals surface area (Å²) in [5.41, 5.74) is 1.46. The Morgan fingerprint density at radius 1 is 0.958 bits per heavy atom. The molecule has 24 heavy (non-hydrogen) atoms. The first kappa shape index (κ1) is 17.8. The lowest BCUT2D eigenvalue weighted by Gasteiger charge is -2.27. The van der Waals surface area contributed by atoms with Crippen molar-refractivity contribution >= 4 is 0 Å². The van der Waals surface area contributed by atoms with Gasteiger partial charge in [0.25, 0.3) is 0 Å². The molecule has 0 bridgehead atoms. The minimum Gasteiger partial charge on any atom is -0.493 e. The lowest BCUT2D eigenvalue weighted by atomic mass is 9.84. The van der Waals surface area contributed by atoms with Crippen LogP contribution < -0.4 is 10.1 Å². The molecular formula is C21H34N2O. The molecule has 0 amide bonds. The van der Waals surface area contributed by atoms with E-state index in [1.54, 1.807) is 0 Å². The van der Waals surface area contributed by atoms with Gasteiger partial charge in [0, 0.05) is 26.2 Å². The van der Waals surface area contributed by atoms with Crippen molar-refractivity contribution in [3.63, 3.8) is 0 Å². The molecule has 3 heteroatoms. The maximum atomic E-state index is 6.16. The summed E-state index contributed by atoms with van der Waals surface area (Å²) in [5.74, 6) is 1.87. The van der Waals surface area contributed by atoms with Gasteiger partial charge in [0.1, 0.15) is 5.75 Å². The van der Waals surface area contributed by atoms with Crippen molar-refractivity contribution in [2.24, 2.45) is 0 Å². The molecule has 1 N–H and O–H groups in total. The van der Waals surface area contributed by atoms with Gasteiger partial charge in [-0.2, -0.15) is 0 Å². The Morgan fingerprint density at radius 2 is 1.75 bits per heavy atom. The number of benzene rings is 1. The number of hydrogen-bond acceptors (Lipinski definition) is 3. The number of rotatable bonds is 8. The van der Waals surface area contributed by atoms with Gasteiger partial charge in [0.15, 0.2) is 0 Å². The molecule has 1 aromatic carbocycles. The predicted molar refractivity (Wildman–Crippen MR) is 101 cm³/mol. The Hall–Kier alpha value is -1.06. The summed E-state index contributed by atoms with van der Waals surface area (Å²) < 4.78 is 6.16. The number of nitrogens with zero attached hydrogens (tertiary/aromatic N) is 1. The molecule has 3 nitrogen and oxygen atoms in total. The van der Waals surface area contributed by atoms with Crippen LogP contribution in [0.2, 0.25) is 0 Å². The second-order valence-corrected chi connectivity index (χ2v) is 7.37. The minimum absolute atomic E-state index is 0.725. The Bertz CT molecular complexity index is 465. The van der Waals surface area contributed by atoms with Crippen LogP contribution in [0.25, 0.3) is 0 Å².